The number of carbonyl (C=O) groups is 2. The fraction of sp³-hybridized carbons (Fsp3) is 0.150. The lowest BCUT2D eigenvalue weighted by Gasteiger charge is -2.12. The molecule has 0 fully saturated rings. The smallest absolute Gasteiger partial charge is 0.256 e. The molecule has 0 saturated carbocycles. The van der Waals surface area contributed by atoms with Gasteiger partial charge >= 0.3 is 0 Å². The first-order valence-electron chi connectivity index (χ1n) is 8.21. The van der Waals surface area contributed by atoms with Gasteiger partial charge in [-0.25, -0.2) is 0 Å². The predicted molar refractivity (Wildman–Crippen MR) is 104 cm³/mol. The molecule has 0 atom stereocenters. The molecule has 0 bridgehead atoms. The highest BCUT2D eigenvalue weighted by molar-refractivity contribution is 6.34. The van der Waals surface area contributed by atoms with Crippen LogP contribution in [0, 0.1) is 0 Å². The minimum Gasteiger partial charge on any atom is -0.350 e. The van der Waals surface area contributed by atoms with Crippen LogP contribution in [0.3, 0.4) is 0 Å². The van der Waals surface area contributed by atoms with Gasteiger partial charge in [-0.05, 0) is 50.2 Å². The maximum atomic E-state index is 12.7. The van der Waals surface area contributed by atoms with E-state index in [2.05, 4.69) is 15.6 Å². The van der Waals surface area contributed by atoms with E-state index in [4.69, 9.17) is 11.6 Å². The first-order valence-corrected chi connectivity index (χ1v) is 8.59. The summed E-state index contributed by atoms with van der Waals surface area (Å²) in [5, 5.41) is 6.71. The Morgan fingerprint density at radius 3 is 2.62 bits per heavy atom. The van der Waals surface area contributed by atoms with Gasteiger partial charge in [0, 0.05) is 28.8 Å². The van der Waals surface area contributed by atoms with Crippen molar-refractivity contribution in [3.05, 3.63) is 70.9 Å². The number of aromatic nitrogens is 1. The van der Waals surface area contributed by atoms with Crippen LogP contribution in [0.1, 0.15) is 34.6 Å². The maximum Gasteiger partial charge on any atom is 0.256 e. The van der Waals surface area contributed by atoms with E-state index in [1.807, 2.05) is 26.0 Å². The molecule has 0 aliphatic heterocycles. The molecular weight excluding hydrogens is 350 g/mol. The third-order valence-electron chi connectivity index (χ3n) is 3.79. The Labute approximate surface area is 156 Å². The largest absolute Gasteiger partial charge is 0.350 e. The molecule has 2 amide bonds. The molecule has 0 aliphatic carbocycles. The molecule has 3 rings (SSSR count). The number of anilines is 1. The summed E-state index contributed by atoms with van der Waals surface area (Å²) in [5.74, 6) is -0.534. The zero-order valence-electron chi connectivity index (χ0n) is 14.4. The van der Waals surface area contributed by atoms with Crippen molar-refractivity contribution in [3.63, 3.8) is 0 Å². The molecule has 0 unspecified atom stereocenters. The van der Waals surface area contributed by atoms with Crippen LogP contribution in [0.5, 0.6) is 0 Å². The number of nitrogens with one attached hydrogen (secondary N) is 2. The number of benzene rings is 2. The third-order valence-corrected chi connectivity index (χ3v) is 4.12. The van der Waals surface area contributed by atoms with Crippen molar-refractivity contribution < 1.29 is 9.59 Å². The Hall–Kier alpha value is -2.92. The number of halogens is 1. The molecular formula is C20H18ClN3O2. The first-order chi connectivity index (χ1) is 12.5. The summed E-state index contributed by atoms with van der Waals surface area (Å²) in [7, 11) is 0. The summed E-state index contributed by atoms with van der Waals surface area (Å²) < 4.78 is 0. The van der Waals surface area contributed by atoms with Crippen LogP contribution in [-0.2, 0) is 0 Å². The quantitative estimate of drug-likeness (QED) is 0.723. The van der Waals surface area contributed by atoms with E-state index < -0.39 is 0 Å². The second-order valence-electron chi connectivity index (χ2n) is 6.15. The van der Waals surface area contributed by atoms with Crippen LogP contribution < -0.4 is 10.6 Å². The molecule has 0 radical (unpaired) electrons. The van der Waals surface area contributed by atoms with E-state index in [9.17, 15) is 9.59 Å². The van der Waals surface area contributed by atoms with Crippen molar-refractivity contribution in [2.45, 2.75) is 19.9 Å². The van der Waals surface area contributed by atoms with Crippen LogP contribution in [0.4, 0.5) is 5.69 Å². The van der Waals surface area contributed by atoms with E-state index in [-0.39, 0.29) is 17.9 Å². The minimum atomic E-state index is -0.313. The highest BCUT2D eigenvalue weighted by Crippen LogP contribution is 2.25. The fourth-order valence-electron chi connectivity index (χ4n) is 2.60. The summed E-state index contributed by atoms with van der Waals surface area (Å²) in [5.41, 5.74) is 2.03. The lowest BCUT2D eigenvalue weighted by molar-refractivity contribution is 0.0942. The Morgan fingerprint density at radius 1 is 1.04 bits per heavy atom. The standard InChI is InChI=1S/C20H18ClN3O2/c1-12(2)23-19(25)13-8-9-16(21)18(11-13)24-20(26)15-5-3-7-17-14(15)6-4-10-22-17/h3-12H,1-2H3,(H,23,25)(H,24,26). The zero-order chi connectivity index (χ0) is 18.7. The molecule has 5 nitrogen and oxygen atoms in total. The fourth-order valence-corrected chi connectivity index (χ4v) is 2.76. The summed E-state index contributed by atoms with van der Waals surface area (Å²) >= 11 is 6.20. The number of rotatable bonds is 4. The highest BCUT2D eigenvalue weighted by atomic mass is 35.5. The normalized spacial score (nSPS) is 10.8. The average molecular weight is 368 g/mol. The van der Waals surface area contributed by atoms with Crippen molar-refractivity contribution in [1.82, 2.24) is 10.3 Å². The number of amides is 2. The summed E-state index contributed by atoms with van der Waals surface area (Å²) in [6.45, 7) is 3.76. The van der Waals surface area contributed by atoms with Crippen molar-refractivity contribution in [3.8, 4) is 0 Å². The molecule has 2 aromatic carbocycles. The molecule has 1 aromatic heterocycles. The molecule has 3 aromatic rings. The zero-order valence-corrected chi connectivity index (χ0v) is 15.2. The first kappa shape index (κ1) is 17.9. The SMILES string of the molecule is CC(C)NC(=O)c1ccc(Cl)c(NC(=O)c2cccc3ncccc23)c1. The maximum absolute atomic E-state index is 12.7. The van der Waals surface area contributed by atoms with E-state index in [1.54, 1.807) is 42.6 Å². The van der Waals surface area contributed by atoms with Gasteiger partial charge in [-0.1, -0.05) is 23.7 Å². The van der Waals surface area contributed by atoms with Gasteiger partial charge in [0.1, 0.15) is 0 Å². The highest BCUT2D eigenvalue weighted by Gasteiger charge is 2.14. The van der Waals surface area contributed by atoms with E-state index in [1.165, 1.54) is 0 Å². The third kappa shape index (κ3) is 3.83. The summed E-state index contributed by atoms with van der Waals surface area (Å²) in [6.07, 6.45) is 1.68. The second-order valence-corrected chi connectivity index (χ2v) is 6.56. The molecule has 0 spiro atoms. The Bertz CT molecular complexity index is 980. The van der Waals surface area contributed by atoms with Crippen molar-refractivity contribution >= 4 is 40.0 Å². The molecule has 0 aliphatic rings. The van der Waals surface area contributed by atoms with Gasteiger partial charge in [-0.3, -0.25) is 14.6 Å². The van der Waals surface area contributed by atoms with Crippen LogP contribution in [0.25, 0.3) is 10.9 Å². The van der Waals surface area contributed by atoms with Crippen molar-refractivity contribution in [2.75, 3.05) is 5.32 Å². The van der Waals surface area contributed by atoms with Crippen LogP contribution in [-0.4, -0.2) is 22.8 Å². The van der Waals surface area contributed by atoms with Crippen LogP contribution in [0.15, 0.2) is 54.7 Å². The van der Waals surface area contributed by atoms with E-state index in [0.29, 0.717) is 21.8 Å². The summed E-state index contributed by atoms with van der Waals surface area (Å²) in [6, 6.07) is 13.8. The van der Waals surface area contributed by atoms with E-state index in [0.717, 1.165) is 10.9 Å². The molecule has 132 valence electrons. The monoisotopic (exact) mass is 367 g/mol. The topological polar surface area (TPSA) is 71.1 Å². The predicted octanol–water partition coefficient (Wildman–Crippen LogP) is 4.28. The number of hydrogen-bond donors (Lipinski definition) is 2. The minimum absolute atomic E-state index is 0.0133. The van der Waals surface area contributed by atoms with Gasteiger partial charge < -0.3 is 10.6 Å². The van der Waals surface area contributed by atoms with Gasteiger partial charge in [-0.2, -0.15) is 0 Å². The van der Waals surface area contributed by atoms with Crippen molar-refractivity contribution in [2.24, 2.45) is 0 Å². The molecule has 1 heterocycles. The van der Waals surface area contributed by atoms with Gasteiger partial charge in [0.05, 0.1) is 16.2 Å². The van der Waals surface area contributed by atoms with E-state index >= 15 is 0 Å². The van der Waals surface area contributed by atoms with Crippen LogP contribution in [0.2, 0.25) is 5.02 Å². The molecule has 26 heavy (non-hydrogen) atoms. The molecule has 0 saturated heterocycles. The number of pyridine rings is 1. The second kappa shape index (κ2) is 7.54. The van der Waals surface area contributed by atoms with Gasteiger partial charge in [0.25, 0.3) is 11.8 Å². The average Bonchev–Trinajstić information content (AvgIpc) is 2.62. The Kier molecular flexibility index (Phi) is 5.19. The summed E-state index contributed by atoms with van der Waals surface area (Å²) in [4.78, 5) is 29.2. The van der Waals surface area contributed by atoms with Crippen molar-refractivity contribution in [1.29, 1.82) is 0 Å². The lowest BCUT2D eigenvalue weighted by Crippen LogP contribution is -2.30. The van der Waals surface area contributed by atoms with Gasteiger partial charge in [-0.15, -0.1) is 0 Å². The van der Waals surface area contributed by atoms with Gasteiger partial charge in [0.15, 0.2) is 0 Å². The lowest BCUT2D eigenvalue weighted by atomic mass is 10.1. The van der Waals surface area contributed by atoms with Gasteiger partial charge in [0.2, 0.25) is 0 Å². The number of hydrogen-bond acceptors (Lipinski definition) is 3. The molecule has 2 N–H and O–H groups in total. The molecule has 6 heteroatoms. The van der Waals surface area contributed by atoms with Crippen LogP contribution >= 0.6 is 11.6 Å². The number of carbonyl (C=O) groups excluding carboxylic acids is 2. The number of fused-ring (bicyclic) bond motifs is 1. The Morgan fingerprint density at radius 2 is 1.85 bits per heavy atom. The number of nitrogens with zero attached hydrogens (tertiary/aromatic N) is 1. The Balaban J connectivity index is 1.90.